The van der Waals surface area contributed by atoms with Gasteiger partial charge in [-0.25, -0.2) is 4.42 Å². The van der Waals surface area contributed by atoms with Crippen molar-refractivity contribution in [2.45, 2.75) is 13.8 Å². The van der Waals surface area contributed by atoms with Gasteiger partial charge in [-0.2, -0.15) is 0 Å². The Morgan fingerprint density at radius 3 is 1.57 bits per heavy atom. The van der Waals surface area contributed by atoms with E-state index in [2.05, 4.69) is 0 Å². The first-order valence-corrected chi connectivity index (χ1v) is 2.55. The zero-order valence-electron chi connectivity index (χ0n) is 4.74. The standard InChI is InChI=1S/C4H10ClN.H2O/c1-3-6(5)4-2;/h3-4H2,1-2H3;1H2. The lowest BCUT2D eigenvalue weighted by atomic mass is 10.7. The molecule has 0 aliphatic carbocycles. The van der Waals surface area contributed by atoms with Crippen LogP contribution in [0.15, 0.2) is 0 Å². The molecule has 7 heavy (non-hydrogen) atoms. The minimum atomic E-state index is 0. The summed E-state index contributed by atoms with van der Waals surface area (Å²) in [4.78, 5) is 0. The summed E-state index contributed by atoms with van der Waals surface area (Å²) in [5.74, 6) is 0. The van der Waals surface area contributed by atoms with E-state index >= 15 is 0 Å². The minimum absolute atomic E-state index is 0. The first-order chi connectivity index (χ1) is 2.81. The molecule has 2 nitrogen and oxygen atoms in total. The van der Waals surface area contributed by atoms with Crippen molar-refractivity contribution >= 4 is 11.8 Å². The quantitative estimate of drug-likeness (QED) is 0.500. The SMILES string of the molecule is CCN(Cl)CC.O. The molecule has 0 aromatic rings. The van der Waals surface area contributed by atoms with Crippen molar-refractivity contribution in [1.82, 2.24) is 4.42 Å². The highest BCUT2D eigenvalue weighted by atomic mass is 35.5. The summed E-state index contributed by atoms with van der Waals surface area (Å²) >= 11 is 5.48. The Bertz CT molecular complexity index is 30.9. The van der Waals surface area contributed by atoms with Gasteiger partial charge in [0.1, 0.15) is 0 Å². The van der Waals surface area contributed by atoms with Gasteiger partial charge < -0.3 is 5.48 Å². The van der Waals surface area contributed by atoms with E-state index in [0.717, 1.165) is 13.1 Å². The molecular weight excluding hydrogens is 114 g/mol. The normalized spacial score (nSPS) is 8.57. The molecular formula is C4H12ClNO. The molecule has 0 radical (unpaired) electrons. The van der Waals surface area contributed by atoms with Crippen LogP contribution in [0.3, 0.4) is 0 Å². The van der Waals surface area contributed by atoms with Crippen molar-refractivity contribution in [3.63, 3.8) is 0 Å². The van der Waals surface area contributed by atoms with Gasteiger partial charge in [-0.1, -0.05) is 13.8 Å². The first kappa shape index (κ1) is 10.2. The number of nitrogens with zero attached hydrogens (tertiary/aromatic N) is 1. The maximum absolute atomic E-state index is 5.48. The second kappa shape index (κ2) is 6.21. The Balaban J connectivity index is 0. The van der Waals surface area contributed by atoms with Gasteiger partial charge in [0.2, 0.25) is 0 Å². The molecule has 0 aliphatic heterocycles. The van der Waals surface area contributed by atoms with Crippen LogP contribution in [0.2, 0.25) is 0 Å². The fourth-order valence-electron chi connectivity index (χ4n) is 0.224. The molecule has 0 aromatic heterocycles. The summed E-state index contributed by atoms with van der Waals surface area (Å²) in [6.45, 7) is 5.91. The van der Waals surface area contributed by atoms with Gasteiger partial charge in [0.05, 0.1) is 0 Å². The lowest BCUT2D eigenvalue weighted by Crippen LogP contribution is -2.08. The highest BCUT2D eigenvalue weighted by molar-refractivity contribution is 6.13. The molecule has 3 heteroatoms. The molecule has 0 amide bonds. The Labute approximate surface area is 49.5 Å². The van der Waals surface area contributed by atoms with E-state index in [1.54, 1.807) is 4.42 Å². The molecule has 0 saturated heterocycles. The molecule has 0 aromatic carbocycles. The highest BCUT2D eigenvalue weighted by Crippen LogP contribution is 1.87. The van der Waals surface area contributed by atoms with E-state index in [1.807, 2.05) is 13.8 Å². The zero-order chi connectivity index (χ0) is 4.99. The van der Waals surface area contributed by atoms with Gasteiger partial charge in [0, 0.05) is 13.1 Å². The third-order valence-corrected chi connectivity index (χ3v) is 1.16. The second-order valence-electron chi connectivity index (χ2n) is 1.10. The van der Waals surface area contributed by atoms with Crippen LogP contribution >= 0.6 is 11.8 Å². The van der Waals surface area contributed by atoms with Crippen molar-refractivity contribution < 1.29 is 5.48 Å². The number of hydrogen-bond donors (Lipinski definition) is 0. The second-order valence-corrected chi connectivity index (χ2v) is 1.57. The van der Waals surface area contributed by atoms with Crippen molar-refractivity contribution in [3.8, 4) is 0 Å². The number of rotatable bonds is 2. The van der Waals surface area contributed by atoms with E-state index in [9.17, 15) is 0 Å². The molecule has 0 fully saturated rings. The average molecular weight is 126 g/mol. The van der Waals surface area contributed by atoms with Crippen LogP contribution < -0.4 is 0 Å². The Hall–Kier alpha value is 0.210. The van der Waals surface area contributed by atoms with Gasteiger partial charge in [-0.15, -0.1) is 0 Å². The van der Waals surface area contributed by atoms with Gasteiger partial charge in [0.15, 0.2) is 0 Å². The third kappa shape index (κ3) is 6.21. The predicted octanol–water partition coefficient (Wildman–Crippen LogP) is 0.657. The van der Waals surface area contributed by atoms with E-state index in [4.69, 9.17) is 11.8 Å². The molecule has 0 heterocycles. The topological polar surface area (TPSA) is 34.7 Å². The molecule has 2 N–H and O–H groups in total. The fourth-order valence-corrected chi connectivity index (χ4v) is 0.224. The zero-order valence-corrected chi connectivity index (χ0v) is 5.50. The van der Waals surface area contributed by atoms with Crippen LogP contribution in [0.1, 0.15) is 13.8 Å². The lowest BCUT2D eigenvalue weighted by molar-refractivity contribution is 0.507. The maximum Gasteiger partial charge on any atom is 0.0110 e. The third-order valence-electron chi connectivity index (χ3n) is 0.686. The van der Waals surface area contributed by atoms with Crippen LogP contribution in [0.5, 0.6) is 0 Å². The molecule has 0 atom stereocenters. The molecule has 0 aliphatic rings. The van der Waals surface area contributed by atoms with E-state index in [-0.39, 0.29) is 5.48 Å². The highest BCUT2D eigenvalue weighted by Gasteiger charge is 1.85. The van der Waals surface area contributed by atoms with Crippen LogP contribution in [-0.4, -0.2) is 23.0 Å². The summed E-state index contributed by atoms with van der Waals surface area (Å²) in [6, 6.07) is 0. The van der Waals surface area contributed by atoms with Gasteiger partial charge in [-0.05, 0) is 11.8 Å². The largest absolute Gasteiger partial charge is 0.412 e. The average Bonchev–Trinajstić information content (AvgIpc) is 1.65. The van der Waals surface area contributed by atoms with E-state index in [1.165, 1.54) is 0 Å². The predicted molar refractivity (Wildman–Crippen MR) is 32.4 cm³/mol. The van der Waals surface area contributed by atoms with Crippen LogP contribution in [0.25, 0.3) is 0 Å². The molecule has 46 valence electrons. The molecule has 0 rings (SSSR count). The molecule has 0 bridgehead atoms. The molecule has 0 unspecified atom stereocenters. The smallest absolute Gasteiger partial charge is 0.0110 e. The van der Waals surface area contributed by atoms with Crippen molar-refractivity contribution in [3.05, 3.63) is 0 Å². The summed E-state index contributed by atoms with van der Waals surface area (Å²) in [5.41, 5.74) is 0. The monoisotopic (exact) mass is 125 g/mol. The summed E-state index contributed by atoms with van der Waals surface area (Å²) in [7, 11) is 0. The lowest BCUT2D eigenvalue weighted by Gasteiger charge is -2.03. The van der Waals surface area contributed by atoms with Gasteiger partial charge >= 0.3 is 0 Å². The van der Waals surface area contributed by atoms with Crippen molar-refractivity contribution in [2.75, 3.05) is 13.1 Å². The number of hydrogen-bond acceptors (Lipinski definition) is 1. The summed E-state index contributed by atoms with van der Waals surface area (Å²) in [6.07, 6.45) is 0. The van der Waals surface area contributed by atoms with Gasteiger partial charge in [0.25, 0.3) is 0 Å². The van der Waals surface area contributed by atoms with Crippen molar-refractivity contribution in [1.29, 1.82) is 0 Å². The summed E-state index contributed by atoms with van der Waals surface area (Å²) in [5, 5.41) is 0. The molecule has 0 saturated carbocycles. The van der Waals surface area contributed by atoms with E-state index in [0.29, 0.717) is 0 Å². The molecule has 0 spiro atoms. The Kier molecular flexibility index (Phi) is 9.09. The Morgan fingerprint density at radius 2 is 1.57 bits per heavy atom. The van der Waals surface area contributed by atoms with Crippen LogP contribution in [0.4, 0.5) is 0 Å². The first-order valence-electron chi connectivity index (χ1n) is 2.22. The van der Waals surface area contributed by atoms with E-state index < -0.39 is 0 Å². The van der Waals surface area contributed by atoms with Crippen molar-refractivity contribution in [2.24, 2.45) is 0 Å². The van der Waals surface area contributed by atoms with Crippen LogP contribution in [-0.2, 0) is 0 Å². The van der Waals surface area contributed by atoms with Crippen LogP contribution in [0, 0.1) is 0 Å². The summed E-state index contributed by atoms with van der Waals surface area (Å²) < 4.78 is 1.72. The maximum atomic E-state index is 5.48. The fraction of sp³-hybridized carbons (Fsp3) is 1.00. The minimum Gasteiger partial charge on any atom is -0.412 e. The number of halogens is 1. The van der Waals surface area contributed by atoms with Gasteiger partial charge in [-0.3, -0.25) is 0 Å². The Morgan fingerprint density at radius 1 is 1.29 bits per heavy atom.